The van der Waals surface area contributed by atoms with Crippen LogP contribution in [0.1, 0.15) is 56.5 Å². The molecule has 7 heteroatoms. The van der Waals surface area contributed by atoms with Gasteiger partial charge in [0.15, 0.2) is 0 Å². The number of hydrogen-bond acceptors (Lipinski definition) is 5. The summed E-state index contributed by atoms with van der Waals surface area (Å²) in [6, 6.07) is 0. The molecule has 1 aromatic rings. The fraction of sp³-hybridized carbons (Fsp3) is 0.722. The first-order chi connectivity index (χ1) is 11.6. The first-order valence-electron chi connectivity index (χ1n) is 8.83. The van der Waals surface area contributed by atoms with E-state index in [1.54, 1.807) is 0 Å². The second-order valence-electron chi connectivity index (χ2n) is 7.95. The van der Waals surface area contributed by atoms with Crippen molar-refractivity contribution < 1.29 is 18.8 Å². The number of rotatable bonds is 4. The van der Waals surface area contributed by atoms with E-state index in [-0.39, 0.29) is 30.5 Å². The van der Waals surface area contributed by atoms with Gasteiger partial charge in [0.1, 0.15) is 5.76 Å². The first kappa shape index (κ1) is 17.9. The van der Waals surface area contributed by atoms with Crippen LogP contribution in [0.5, 0.6) is 0 Å². The number of likely N-dealkylation sites (tertiary alicyclic amines) is 1. The molecule has 2 aliphatic rings. The topological polar surface area (TPSA) is 98.7 Å². The van der Waals surface area contributed by atoms with Gasteiger partial charge in [0.2, 0.25) is 11.8 Å². The third kappa shape index (κ3) is 3.17. The van der Waals surface area contributed by atoms with Crippen LogP contribution in [0.3, 0.4) is 0 Å². The first-order valence-corrected chi connectivity index (χ1v) is 8.83. The normalized spacial score (nSPS) is 28.0. The van der Waals surface area contributed by atoms with Gasteiger partial charge in [-0.2, -0.15) is 0 Å². The molecule has 3 rings (SSSR count). The molecule has 1 spiro atoms. The monoisotopic (exact) mass is 349 g/mol. The molecule has 2 aliphatic heterocycles. The number of ether oxygens (including phenoxy) is 1. The Kier molecular flexibility index (Phi) is 4.39. The van der Waals surface area contributed by atoms with Crippen LogP contribution in [0, 0.1) is 13.8 Å². The summed E-state index contributed by atoms with van der Waals surface area (Å²) in [5, 5.41) is 3.93. The lowest BCUT2D eigenvalue weighted by Gasteiger charge is -2.38. The standard InChI is InChI=1S/C18H27N3O4/c1-11-13(12(2)25-20-11)8-16(23)21-7-5-6-18(21)10-17(3,4)24-14(18)9-15(19)22/h14H,5-10H2,1-4H3,(H2,19,22)/t14-,18+/m0/s1. The summed E-state index contributed by atoms with van der Waals surface area (Å²) in [6.45, 7) is 8.35. The molecule has 2 amide bonds. The van der Waals surface area contributed by atoms with Crippen LogP contribution in [0.4, 0.5) is 0 Å². The predicted octanol–water partition coefficient (Wildman–Crippen LogP) is 1.64. The summed E-state index contributed by atoms with van der Waals surface area (Å²) >= 11 is 0. The quantitative estimate of drug-likeness (QED) is 0.891. The Labute approximate surface area is 147 Å². The van der Waals surface area contributed by atoms with Crippen molar-refractivity contribution in [3.05, 3.63) is 17.0 Å². The largest absolute Gasteiger partial charge is 0.370 e. The fourth-order valence-electron chi connectivity index (χ4n) is 4.60. The van der Waals surface area contributed by atoms with Gasteiger partial charge in [0.25, 0.3) is 0 Å². The summed E-state index contributed by atoms with van der Waals surface area (Å²) in [6.07, 6.45) is 2.50. The van der Waals surface area contributed by atoms with Crippen molar-refractivity contribution in [1.29, 1.82) is 0 Å². The van der Waals surface area contributed by atoms with Gasteiger partial charge in [-0.05, 0) is 40.5 Å². The predicted molar refractivity (Wildman–Crippen MR) is 90.7 cm³/mol. The third-order valence-electron chi connectivity index (χ3n) is 5.52. The Balaban J connectivity index is 1.87. The fourth-order valence-corrected chi connectivity index (χ4v) is 4.60. The highest BCUT2D eigenvalue weighted by Gasteiger charge is 2.58. The second-order valence-corrected chi connectivity index (χ2v) is 7.95. The molecule has 0 aromatic carbocycles. The van der Waals surface area contributed by atoms with E-state index in [1.807, 2.05) is 32.6 Å². The van der Waals surface area contributed by atoms with Crippen LogP contribution in [0.25, 0.3) is 0 Å². The minimum atomic E-state index is -0.450. The Hall–Kier alpha value is -1.89. The van der Waals surface area contributed by atoms with Crippen molar-refractivity contribution in [3.63, 3.8) is 0 Å². The average molecular weight is 349 g/mol. The Bertz CT molecular complexity index is 677. The number of nitrogens with zero attached hydrogens (tertiary/aromatic N) is 2. The molecule has 0 aliphatic carbocycles. The van der Waals surface area contributed by atoms with Crippen LogP contribution in [0.15, 0.2) is 4.52 Å². The van der Waals surface area contributed by atoms with Gasteiger partial charge in [-0.15, -0.1) is 0 Å². The summed E-state index contributed by atoms with van der Waals surface area (Å²) < 4.78 is 11.3. The summed E-state index contributed by atoms with van der Waals surface area (Å²) in [5.41, 5.74) is 6.20. The summed E-state index contributed by atoms with van der Waals surface area (Å²) in [5.74, 6) is 0.311. The van der Waals surface area contributed by atoms with Crippen molar-refractivity contribution in [2.75, 3.05) is 6.54 Å². The molecule has 2 fully saturated rings. The zero-order chi connectivity index (χ0) is 18.4. The molecule has 0 saturated carbocycles. The van der Waals surface area contributed by atoms with Crippen molar-refractivity contribution in [3.8, 4) is 0 Å². The number of hydrogen-bond donors (Lipinski definition) is 1. The highest BCUT2D eigenvalue weighted by Crippen LogP contribution is 2.49. The Morgan fingerprint density at radius 3 is 2.68 bits per heavy atom. The molecule has 2 N–H and O–H groups in total. The molecule has 7 nitrogen and oxygen atoms in total. The van der Waals surface area contributed by atoms with Crippen molar-refractivity contribution >= 4 is 11.8 Å². The van der Waals surface area contributed by atoms with Gasteiger partial charge in [-0.1, -0.05) is 5.16 Å². The Morgan fingerprint density at radius 2 is 2.08 bits per heavy atom. The lowest BCUT2D eigenvalue weighted by atomic mass is 9.82. The van der Waals surface area contributed by atoms with Crippen LogP contribution in [-0.4, -0.2) is 45.7 Å². The van der Waals surface area contributed by atoms with E-state index >= 15 is 0 Å². The van der Waals surface area contributed by atoms with E-state index in [4.69, 9.17) is 15.0 Å². The number of carbonyl (C=O) groups is 2. The number of nitrogens with two attached hydrogens (primary N) is 1. The van der Waals surface area contributed by atoms with Crippen molar-refractivity contribution in [2.45, 2.75) is 77.0 Å². The van der Waals surface area contributed by atoms with Crippen LogP contribution in [0.2, 0.25) is 0 Å². The Morgan fingerprint density at radius 1 is 1.36 bits per heavy atom. The van der Waals surface area contributed by atoms with Crippen LogP contribution >= 0.6 is 0 Å². The molecule has 2 saturated heterocycles. The van der Waals surface area contributed by atoms with Gasteiger partial charge < -0.3 is 19.9 Å². The molecule has 138 valence electrons. The van der Waals surface area contributed by atoms with E-state index in [2.05, 4.69) is 5.16 Å². The number of aryl methyl sites for hydroxylation is 2. The van der Waals surface area contributed by atoms with E-state index in [0.29, 0.717) is 18.7 Å². The highest BCUT2D eigenvalue weighted by molar-refractivity contribution is 5.81. The molecule has 0 bridgehead atoms. The van der Waals surface area contributed by atoms with E-state index in [9.17, 15) is 9.59 Å². The number of amides is 2. The smallest absolute Gasteiger partial charge is 0.227 e. The number of carbonyl (C=O) groups excluding carboxylic acids is 2. The SMILES string of the molecule is Cc1noc(C)c1CC(=O)N1CCC[C@]12CC(C)(C)O[C@H]2CC(N)=O. The molecule has 3 heterocycles. The lowest BCUT2D eigenvalue weighted by Crippen LogP contribution is -2.54. The minimum absolute atomic E-state index is 0.0303. The van der Waals surface area contributed by atoms with Crippen LogP contribution in [-0.2, 0) is 20.7 Å². The molecule has 1 aromatic heterocycles. The zero-order valence-corrected chi connectivity index (χ0v) is 15.4. The van der Waals surface area contributed by atoms with E-state index < -0.39 is 11.4 Å². The maximum atomic E-state index is 13.1. The molecule has 0 unspecified atom stereocenters. The van der Waals surface area contributed by atoms with Gasteiger partial charge in [-0.25, -0.2) is 0 Å². The zero-order valence-electron chi connectivity index (χ0n) is 15.4. The van der Waals surface area contributed by atoms with Crippen LogP contribution < -0.4 is 5.73 Å². The number of primary amides is 1. The maximum Gasteiger partial charge on any atom is 0.227 e. The van der Waals surface area contributed by atoms with E-state index in [0.717, 1.165) is 24.1 Å². The highest BCUT2D eigenvalue weighted by atomic mass is 16.5. The number of aromatic nitrogens is 1. The maximum absolute atomic E-state index is 13.1. The van der Waals surface area contributed by atoms with Gasteiger partial charge in [0, 0.05) is 18.5 Å². The van der Waals surface area contributed by atoms with Gasteiger partial charge in [0.05, 0.1) is 35.8 Å². The van der Waals surface area contributed by atoms with Gasteiger partial charge >= 0.3 is 0 Å². The molecular formula is C18H27N3O4. The molecule has 25 heavy (non-hydrogen) atoms. The van der Waals surface area contributed by atoms with E-state index in [1.165, 1.54) is 0 Å². The lowest BCUT2D eigenvalue weighted by molar-refractivity contribution is -0.139. The minimum Gasteiger partial charge on any atom is -0.370 e. The van der Waals surface area contributed by atoms with Crippen molar-refractivity contribution in [2.24, 2.45) is 5.73 Å². The molecule has 0 radical (unpaired) electrons. The van der Waals surface area contributed by atoms with Crippen molar-refractivity contribution in [1.82, 2.24) is 10.1 Å². The second kappa shape index (κ2) is 6.12. The summed E-state index contributed by atoms with van der Waals surface area (Å²) in [4.78, 5) is 26.6. The summed E-state index contributed by atoms with van der Waals surface area (Å²) in [7, 11) is 0. The average Bonchev–Trinajstić information content (AvgIpc) is 3.11. The molecular weight excluding hydrogens is 322 g/mol. The third-order valence-corrected chi connectivity index (χ3v) is 5.52. The van der Waals surface area contributed by atoms with Gasteiger partial charge in [-0.3, -0.25) is 9.59 Å². The molecule has 2 atom stereocenters.